The Morgan fingerprint density at radius 2 is 2.23 bits per heavy atom. The quantitative estimate of drug-likeness (QED) is 0.832. The Hall–Kier alpha value is -2.06. The summed E-state index contributed by atoms with van der Waals surface area (Å²) in [4.78, 5) is 16.5. The highest BCUT2D eigenvalue weighted by Crippen LogP contribution is 2.34. The maximum atomic E-state index is 12.1. The third kappa shape index (κ3) is 4.76. The minimum absolute atomic E-state index is 0.118. The molecular weight excluding hydrogens is 350 g/mol. The van der Waals surface area contributed by atoms with Crippen molar-refractivity contribution in [2.24, 2.45) is 11.3 Å². The fourth-order valence-corrected chi connectivity index (χ4v) is 3.71. The van der Waals surface area contributed by atoms with Crippen molar-refractivity contribution in [2.45, 2.75) is 39.7 Å². The number of carbonyl (C=O) groups is 1. The number of nitrogens with zero attached hydrogens (tertiary/aromatic N) is 3. The summed E-state index contributed by atoms with van der Waals surface area (Å²) >= 11 is 1.28. The molecule has 0 bridgehead atoms. The van der Waals surface area contributed by atoms with Crippen molar-refractivity contribution in [1.29, 1.82) is 0 Å². The number of ether oxygens (including phenoxy) is 1. The fraction of sp³-hybridized carbons (Fsp3) is 0.556. The van der Waals surface area contributed by atoms with E-state index < -0.39 is 0 Å². The first-order valence-electron chi connectivity index (χ1n) is 8.82. The van der Waals surface area contributed by atoms with E-state index in [0.717, 1.165) is 31.8 Å². The third-order valence-electron chi connectivity index (χ3n) is 4.45. The molecular formula is C18H25N5O2S. The normalized spacial score (nSPS) is 20.6. The minimum atomic E-state index is -0.241. The first kappa shape index (κ1) is 18.7. The van der Waals surface area contributed by atoms with Crippen molar-refractivity contribution in [1.82, 2.24) is 15.2 Å². The molecule has 1 aliphatic heterocycles. The summed E-state index contributed by atoms with van der Waals surface area (Å²) in [7, 11) is 0. The molecule has 0 aromatic carbocycles. The van der Waals surface area contributed by atoms with Crippen LogP contribution in [-0.4, -0.2) is 40.3 Å². The Kier molecular flexibility index (Phi) is 5.83. The van der Waals surface area contributed by atoms with E-state index in [1.807, 2.05) is 6.07 Å². The lowest BCUT2D eigenvalue weighted by atomic mass is 9.78. The molecule has 2 aromatic rings. The summed E-state index contributed by atoms with van der Waals surface area (Å²) in [5.41, 5.74) is 2.17. The molecule has 8 heteroatoms. The molecule has 1 amide bonds. The zero-order valence-corrected chi connectivity index (χ0v) is 16.2. The van der Waals surface area contributed by atoms with Gasteiger partial charge in [0.15, 0.2) is 0 Å². The lowest BCUT2D eigenvalue weighted by Gasteiger charge is -2.40. The molecule has 0 saturated carbocycles. The van der Waals surface area contributed by atoms with Crippen LogP contribution in [0, 0.1) is 11.3 Å². The summed E-state index contributed by atoms with van der Waals surface area (Å²) in [6.07, 6.45) is 4.05. The van der Waals surface area contributed by atoms with E-state index in [1.54, 1.807) is 17.8 Å². The molecule has 3 rings (SSSR count). The molecule has 2 unspecified atom stereocenters. The molecule has 0 radical (unpaired) electrons. The standard InChI is InChI=1S/C18H25N5O2S/c1-18(2,3)15-12(5-4-8-25-15)9-19-14-7-6-13(10-20-14)16(24)22-17-23-21-11-26-17/h6-7,10-12,15H,4-5,8-9H2,1-3H3,(H,19,20)(H,22,23,24). The van der Waals surface area contributed by atoms with Gasteiger partial charge < -0.3 is 10.1 Å². The molecule has 2 aromatic heterocycles. The summed E-state index contributed by atoms with van der Waals surface area (Å²) in [6.45, 7) is 8.32. The van der Waals surface area contributed by atoms with Gasteiger partial charge in [-0.15, -0.1) is 10.2 Å². The van der Waals surface area contributed by atoms with Gasteiger partial charge in [-0.1, -0.05) is 32.1 Å². The van der Waals surface area contributed by atoms with E-state index in [-0.39, 0.29) is 17.4 Å². The van der Waals surface area contributed by atoms with Gasteiger partial charge in [0.2, 0.25) is 5.13 Å². The summed E-state index contributed by atoms with van der Waals surface area (Å²) < 4.78 is 6.02. The lowest BCUT2D eigenvalue weighted by Crippen LogP contribution is -2.42. The number of nitrogens with one attached hydrogen (secondary N) is 2. The number of pyridine rings is 1. The van der Waals surface area contributed by atoms with Crippen molar-refractivity contribution in [2.75, 3.05) is 23.8 Å². The topological polar surface area (TPSA) is 89.0 Å². The van der Waals surface area contributed by atoms with Crippen LogP contribution in [-0.2, 0) is 4.74 Å². The molecule has 140 valence electrons. The van der Waals surface area contributed by atoms with Crippen molar-refractivity contribution in [3.8, 4) is 0 Å². The average Bonchev–Trinajstić information content (AvgIpc) is 3.13. The Labute approximate surface area is 157 Å². The number of carbonyl (C=O) groups excluding carboxylic acids is 1. The highest BCUT2D eigenvalue weighted by atomic mass is 32.1. The number of amides is 1. The number of hydrogen-bond donors (Lipinski definition) is 2. The highest BCUT2D eigenvalue weighted by molar-refractivity contribution is 7.13. The summed E-state index contributed by atoms with van der Waals surface area (Å²) in [6, 6.07) is 3.58. The Bertz CT molecular complexity index is 712. The zero-order chi connectivity index (χ0) is 18.6. The molecule has 2 N–H and O–H groups in total. The fourth-order valence-electron chi connectivity index (χ4n) is 3.27. The molecule has 0 spiro atoms. The maximum absolute atomic E-state index is 12.1. The van der Waals surface area contributed by atoms with Gasteiger partial charge in [0.05, 0.1) is 11.7 Å². The van der Waals surface area contributed by atoms with Gasteiger partial charge in [0.25, 0.3) is 5.91 Å². The monoisotopic (exact) mass is 375 g/mol. The predicted molar refractivity (Wildman–Crippen MR) is 103 cm³/mol. The lowest BCUT2D eigenvalue weighted by molar-refractivity contribution is -0.0814. The summed E-state index contributed by atoms with van der Waals surface area (Å²) in [5.74, 6) is 0.968. The predicted octanol–water partition coefficient (Wildman–Crippen LogP) is 3.44. The summed E-state index contributed by atoms with van der Waals surface area (Å²) in [5, 5.41) is 14.0. The molecule has 1 aliphatic rings. The number of hydrogen-bond acceptors (Lipinski definition) is 7. The van der Waals surface area contributed by atoms with Crippen LogP contribution in [0.3, 0.4) is 0 Å². The average molecular weight is 375 g/mol. The van der Waals surface area contributed by atoms with Crippen LogP contribution in [0.25, 0.3) is 0 Å². The van der Waals surface area contributed by atoms with Crippen molar-refractivity contribution < 1.29 is 9.53 Å². The minimum Gasteiger partial charge on any atom is -0.377 e. The van der Waals surface area contributed by atoms with E-state index >= 15 is 0 Å². The van der Waals surface area contributed by atoms with Gasteiger partial charge in [-0.2, -0.15) is 0 Å². The smallest absolute Gasteiger partial charge is 0.259 e. The van der Waals surface area contributed by atoms with E-state index in [0.29, 0.717) is 16.6 Å². The number of anilines is 2. The molecule has 2 atom stereocenters. The Morgan fingerprint density at radius 3 is 2.88 bits per heavy atom. The first-order chi connectivity index (χ1) is 12.4. The van der Waals surface area contributed by atoms with E-state index in [4.69, 9.17) is 4.74 Å². The Morgan fingerprint density at radius 1 is 1.38 bits per heavy atom. The third-order valence-corrected chi connectivity index (χ3v) is 5.06. The molecule has 1 fully saturated rings. The molecule has 3 heterocycles. The van der Waals surface area contributed by atoms with Crippen LogP contribution in [0.2, 0.25) is 0 Å². The van der Waals surface area contributed by atoms with Gasteiger partial charge in [-0.25, -0.2) is 4.98 Å². The maximum Gasteiger partial charge on any atom is 0.259 e. The molecule has 7 nitrogen and oxygen atoms in total. The van der Waals surface area contributed by atoms with Crippen LogP contribution in [0.5, 0.6) is 0 Å². The zero-order valence-electron chi connectivity index (χ0n) is 15.4. The second kappa shape index (κ2) is 8.09. The van der Waals surface area contributed by atoms with Crippen LogP contribution in [0.15, 0.2) is 23.8 Å². The van der Waals surface area contributed by atoms with Crippen LogP contribution in [0.4, 0.5) is 10.9 Å². The van der Waals surface area contributed by atoms with Crippen molar-refractivity contribution >= 4 is 28.2 Å². The van der Waals surface area contributed by atoms with E-state index in [1.165, 1.54) is 11.3 Å². The SMILES string of the molecule is CC(C)(C)C1OCCCC1CNc1ccc(C(=O)Nc2nncs2)cn1. The number of aromatic nitrogens is 3. The second-order valence-electron chi connectivity index (χ2n) is 7.57. The van der Waals surface area contributed by atoms with Gasteiger partial charge in [0, 0.05) is 25.3 Å². The van der Waals surface area contributed by atoms with Gasteiger partial charge in [0.1, 0.15) is 11.3 Å². The number of rotatable bonds is 5. The van der Waals surface area contributed by atoms with Gasteiger partial charge in [-0.05, 0) is 30.4 Å². The van der Waals surface area contributed by atoms with E-state index in [9.17, 15) is 4.79 Å². The van der Waals surface area contributed by atoms with Crippen LogP contribution < -0.4 is 10.6 Å². The molecule has 0 aliphatic carbocycles. The largest absolute Gasteiger partial charge is 0.377 e. The van der Waals surface area contributed by atoms with Gasteiger partial charge >= 0.3 is 0 Å². The molecule has 26 heavy (non-hydrogen) atoms. The highest BCUT2D eigenvalue weighted by Gasteiger charge is 2.35. The van der Waals surface area contributed by atoms with Crippen LogP contribution >= 0.6 is 11.3 Å². The first-order valence-corrected chi connectivity index (χ1v) is 9.70. The Balaban J connectivity index is 1.56. The van der Waals surface area contributed by atoms with Crippen molar-refractivity contribution in [3.05, 3.63) is 29.4 Å². The van der Waals surface area contributed by atoms with Crippen molar-refractivity contribution in [3.63, 3.8) is 0 Å². The van der Waals surface area contributed by atoms with Gasteiger partial charge in [-0.3, -0.25) is 10.1 Å². The molecule has 1 saturated heterocycles. The second-order valence-corrected chi connectivity index (χ2v) is 8.40. The van der Waals surface area contributed by atoms with Crippen LogP contribution in [0.1, 0.15) is 44.0 Å². The van der Waals surface area contributed by atoms with E-state index in [2.05, 4.69) is 46.6 Å².